The molecule has 0 bridgehead atoms. The maximum Gasteiger partial charge on any atom is 0.343 e. The van der Waals surface area contributed by atoms with Crippen LogP contribution in [0.4, 0.5) is 0 Å². The van der Waals surface area contributed by atoms with Gasteiger partial charge in [0, 0.05) is 11.6 Å². The zero-order chi connectivity index (χ0) is 24.2. The Hall–Kier alpha value is -4.64. The first-order valence-corrected chi connectivity index (χ1v) is 10.3. The highest BCUT2D eigenvalue weighted by Gasteiger charge is 2.31. The summed E-state index contributed by atoms with van der Waals surface area (Å²) in [4.78, 5) is 12.6. The van der Waals surface area contributed by atoms with Crippen molar-refractivity contribution < 1.29 is 28.5 Å². The minimum atomic E-state index is -0.531. The van der Waals surface area contributed by atoms with Gasteiger partial charge in [-0.1, -0.05) is 12.1 Å². The predicted molar refractivity (Wildman–Crippen MR) is 123 cm³/mol. The molecule has 1 aliphatic rings. The van der Waals surface area contributed by atoms with Crippen molar-refractivity contribution >= 4 is 5.97 Å². The van der Waals surface area contributed by atoms with E-state index in [2.05, 4.69) is 6.07 Å². The van der Waals surface area contributed by atoms with Crippen LogP contribution >= 0.6 is 0 Å². The largest absolute Gasteiger partial charge is 0.497 e. The van der Waals surface area contributed by atoms with Crippen molar-refractivity contribution in [2.24, 2.45) is 5.73 Å². The van der Waals surface area contributed by atoms with Gasteiger partial charge in [-0.15, -0.1) is 0 Å². The van der Waals surface area contributed by atoms with Crippen LogP contribution < -0.4 is 29.4 Å². The Morgan fingerprint density at radius 3 is 2.26 bits per heavy atom. The molecular formula is C26H22N2O6. The summed E-state index contributed by atoms with van der Waals surface area (Å²) >= 11 is 0. The van der Waals surface area contributed by atoms with Crippen LogP contribution in [0, 0.1) is 11.3 Å². The quantitative estimate of drug-likeness (QED) is 0.433. The third kappa shape index (κ3) is 4.19. The molecular weight excluding hydrogens is 436 g/mol. The Balaban J connectivity index is 1.68. The second-order valence-electron chi connectivity index (χ2n) is 7.36. The third-order valence-corrected chi connectivity index (χ3v) is 5.47. The number of hydrogen-bond acceptors (Lipinski definition) is 8. The molecule has 1 unspecified atom stereocenters. The van der Waals surface area contributed by atoms with E-state index in [0.29, 0.717) is 34.1 Å². The average molecular weight is 458 g/mol. The molecule has 3 aromatic rings. The number of carbonyl (C=O) groups is 1. The molecule has 1 atom stereocenters. The maximum absolute atomic E-state index is 12.6. The van der Waals surface area contributed by atoms with E-state index in [-0.39, 0.29) is 17.2 Å². The van der Waals surface area contributed by atoms with Gasteiger partial charge in [-0.3, -0.25) is 0 Å². The Morgan fingerprint density at radius 1 is 0.912 bits per heavy atom. The average Bonchev–Trinajstić information content (AvgIpc) is 2.87. The Bertz CT molecular complexity index is 1310. The number of benzene rings is 3. The number of rotatable bonds is 6. The van der Waals surface area contributed by atoms with Crippen LogP contribution in [0.3, 0.4) is 0 Å². The van der Waals surface area contributed by atoms with Crippen LogP contribution in [-0.2, 0) is 0 Å². The Morgan fingerprint density at radius 2 is 1.62 bits per heavy atom. The van der Waals surface area contributed by atoms with Crippen LogP contribution in [0.25, 0.3) is 0 Å². The number of esters is 1. The highest BCUT2D eigenvalue weighted by atomic mass is 16.5. The molecule has 0 aliphatic carbocycles. The molecule has 0 saturated carbocycles. The molecule has 0 spiro atoms. The molecule has 1 aliphatic heterocycles. The molecule has 0 amide bonds. The maximum atomic E-state index is 12.6. The summed E-state index contributed by atoms with van der Waals surface area (Å²) in [5.74, 6) is 1.33. The van der Waals surface area contributed by atoms with E-state index >= 15 is 0 Å². The van der Waals surface area contributed by atoms with E-state index in [0.717, 1.165) is 5.56 Å². The smallest absolute Gasteiger partial charge is 0.343 e. The molecule has 8 heteroatoms. The third-order valence-electron chi connectivity index (χ3n) is 5.47. The van der Waals surface area contributed by atoms with Crippen molar-refractivity contribution in [3.63, 3.8) is 0 Å². The number of ether oxygens (including phenoxy) is 5. The van der Waals surface area contributed by atoms with Gasteiger partial charge in [0.05, 0.1) is 32.8 Å². The lowest BCUT2D eigenvalue weighted by atomic mass is 9.83. The zero-order valence-corrected chi connectivity index (χ0v) is 18.8. The summed E-state index contributed by atoms with van der Waals surface area (Å²) in [5, 5.41) is 9.78. The van der Waals surface area contributed by atoms with Crippen molar-refractivity contribution in [2.45, 2.75) is 5.92 Å². The first-order chi connectivity index (χ1) is 16.5. The second kappa shape index (κ2) is 9.46. The Kier molecular flexibility index (Phi) is 6.28. The molecule has 34 heavy (non-hydrogen) atoms. The predicted octanol–water partition coefficient (Wildman–Crippen LogP) is 4.15. The minimum Gasteiger partial charge on any atom is -0.497 e. The molecule has 0 fully saturated rings. The van der Waals surface area contributed by atoms with Gasteiger partial charge in [-0.2, -0.15) is 5.26 Å². The summed E-state index contributed by atoms with van der Waals surface area (Å²) < 4.78 is 27.1. The highest BCUT2D eigenvalue weighted by molar-refractivity contribution is 5.91. The van der Waals surface area contributed by atoms with Gasteiger partial charge < -0.3 is 29.4 Å². The lowest BCUT2D eigenvalue weighted by Gasteiger charge is -2.27. The molecule has 2 N–H and O–H groups in total. The van der Waals surface area contributed by atoms with Crippen molar-refractivity contribution in [2.75, 3.05) is 21.3 Å². The number of methoxy groups -OCH3 is 3. The molecule has 8 nitrogen and oxygen atoms in total. The summed E-state index contributed by atoms with van der Waals surface area (Å²) in [6.07, 6.45) is 0. The van der Waals surface area contributed by atoms with Gasteiger partial charge in [0.15, 0.2) is 11.5 Å². The SMILES string of the molecule is COc1ccc(C(=O)Oc2ccc3c(c2)OC(N)=C(C#N)C3c2ccc(OC)c(OC)c2)cc1. The summed E-state index contributed by atoms with van der Waals surface area (Å²) in [5.41, 5.74) is 8.19. The van der Waals surface area contributed by atoms with Gasteiger partial charge >= 0.3 is 5.97 Å². The fourth-order valence-electron chi connectivity index (χ4n) is 3.77. The lowest BCUT2D eigenvalue weighted by Crippen LogP contribution is -2.21. The van der Waals surface area contributed by atoms with E-state index in [9.17, 15) is 10.1 Å². The summed E-state index contributed by atoms with van der Waals surface area (Å²) in [7, 11) is 4.64. The van der Waals surface area contributed by atoms with Crippen molar-refractivity contribution in [1.29, 1.82) is 5.26 Å². The molecule has 3 aromatic carbocycles. The normalized spacial score (nSPS) is 14.4. The number of hydrogen-bond donors (Lipinski definition) is 1. The fraction of sp³-hybridized carbons (Fsp3) is 0.154. The number of fused-ring (bicyclic) bond motifs is 1. The number of nitriles is 1. The zero-order valence-electron chi connectivity index (χ0n) is 18.8. The van der Waals surface area contributed by atoms with E-state index in [1.165, 1.54) is 0 Å². The number of nitrogens with zero attached hydrogens (tertiary/aromatic N) is 1. The first-order valence-electron chi connectivity index (χ1n) is 10.3. The monoisotopic (exact) mass is 458 g/mol. The van der Waals surface area contributed by atoms with E-state index in [1.54, 1.807) is 75.9 Å². The minimum absolute atomic E-state index is 0.0200. The van der Waals surface area contributed by atoms with Crippen molar-refractivity contribution in [3.05, 3.63) is 88.8 Å². The molecule has 0 saturated heterocycles. The van der Waals surface area contributed by atoms with Crippen LogP contribution in [0.2, 0.25) is 0 Å². The molecule has 0 aromatic heterocycles. The van der Waals surface area contributed by atoms with Crippen molar-refractivity contribution in [1.82, 2.24) is 0 Å². The Labute approximate surface area is 196 Å². The lowest BCUT2D eigenvalue weighted by molar-refractivity contribution is 0.0734. The van der Waals surface area contributed by atoms with Gasteiger partial charge in [0.25, 0.3) is 0 Å². The number of allylic oxidation sites excluding steroid dienone is 1. The number of nitrogens with two attached hydrogens (primary N) is 1. The second-order valence-corrected chi connectivity index (χ2v) is 7.36. The van der Waals surface area contributed by atoms with Crippen molar-refractivity contribution in [3.8, 4) is 34.8 Å². The van der Waals surface area contributed by atoms with Crippen LogP contribution in [0.15, 0.2) is 72.1 Å². The fourth-order valence-corrected chi connectivity index (χ4v) is 3.77. The molecule has 172 valence electrons. The van der Waals surface area contributed by atoms with Gasteiger partial charge in [-0.25, -0.2) is 4.79 Å². The van der Waals surface area contributed by atoms with Crippen LogP contribution in [0.1, 0.15) is 27.4 Å². The van der Waals surface area contributed by atoms with Gasteiger partial charge in [-0.05, 0) is 48.0 Å². The molecule has 1 heterocycles. The first kappa shape index (κ1) is 22.6. The highest BCUT2D eigenvalue weighted by Crippen LogP contribution is 2.45. The summed E-state index contributed by atoms with van der Waals surface area (Å²) in [6.45, 7) is 0. The summed E-state index contributed by atoms with van der Waals surface area (Å²) in [6, 6.07) is 19.1. The van der Waals surface area contributed by atoms with Crippen LogP contribution in [-0.4, -0.2) is 27.3 Å². The molecule has 4 rings (SSSR count). The number of carbonyl (C=O) groups excluding carboxylic acids is 1. The van der Waals surface area contributed by atoms with Crippen LogP contribution in [0.5, 0.6) is 28.7 Å². The topological polar surface area (TPSA) is 113 Å². The van der Waals surface area contributed by atoms with Gasteiger partial charge in [0.1, 0.15) is 28.9 Å². The van der Waals surface area contributed by atoms with E-state index < -0.39 is 11.9 Å². The standard InChI is InChI=1S/C26H22N2O6/c1-30-17-7-4-15(5-8-17)26(29)33-18-9-10-19-22(13-18)34-25(28)20(14-27)24(19)16-6-11-21(31-2)23(12-16)32-3/h4-13,24H,28H2,1-3H3. The molecule has 0 radical (unpaired) electrons. The van der Waals surface area contributed by atoms with E-state index in [4.69, 9.17) is 29.4 Å². The van der Waals surface area contributed by atoms with E-state index in [1.807, 2.05) is 6.07 Å². The van der Waals surface area contributed by atoms with Gasteiger partial charge in [0.2, 0.25) is 5.88 Å².